The number of hydrogen-bond donors (Lipinski definition) is 0. The summed E-state index contributed by atoms with van der Waals surface area (Å²) < 4.78 is 3.23. The monoisotopic (exact) mass is 291 g/mol. The zero-order valence-electron chi connectivity index (χ0n) is 9.53. The number of carbonyl (C=O) groups is 1. The second-order valence-electron chi connectivity index (χ2n) is 4.77. The summed E-state index contributed by atoms with van der Waals surface area (Å²) in [6, 6.07) is 8.08. The van der Waals surface area contributed by atoms with E-state index in [1.165, 1.54) is 19.3 Å². The molecule has 0 radical (unpaired) electrons. The van der Waals surface area contributed by atoms with Gasteiger partial charge in [-0.05, 0) is 46.8 Å². The first kappa shape index (κ1) is 11.0. The summed E-state index contributed by atoms with van der Waals surface area (Å²) in [5, 5.41) is 1.14. The van der Waals surface area contributed by atoms with Gasteiger partial charge in [-0.15, -0.1) is 0 Å². The summed E-state index contributed by atoms with van der Waals surface area (Å²) in [5.74, 6) is 0.747. The molecule has 1 saturated carbocycles. The Morgan fingerprint density at radius 3 is 2.88 bits per heavy atom. The minimum Gasteiger partial charge on any atom is -0.337 e. The van der Waals surface area contributed by atoms with Gasteiger partial charge in [0, 0.05) is 16.4 Å². The van der Waals surface area contributed by atoms with Crippen molar-refractivity contribution in [2.45, 2.75) is 25.8 Å². The Morgan fingerprint density at radius 2 is 2.24 bits per heavy atom. The highest BCUT2D eigenvalue weighted by atomic mass is 79.9. The van der Waals surface area contributed by atoms with E-state index in [0.29, 0.717) is 0 Å². The van der Waals surface area contributed by atoms with Gasteiger partial charge >= 0.3 is 0 Å². The summed E-state index contributed by atoms with van der Waals surface area (Å²) in [5.41, 5.74) is 1.94. The van der Waals surface area contributed by atoms with E-state index < -0.39 is 0 Å². The highest BCUT2D eigenvalue weighted by molar-refractivity contribution is 9.10. The van der Waals surface area contributed by atoms with Gasteiger partial charge in [-0.3, -0.25) is 4.79 Å². The van der Waals surface area contributed by atoms with Crippen molar-refractivity contribution in [3.63, 3.8) is 0 Å². The maximum Gasteiger partial charge on any atom is 0.166 e. The normalized spacial score (nSPS) is 16.1. The van der Waals surface area contributed by atoms with Gasteiger partial charge in [-0.25, -0.2) is 0 Å². The molecule has 1 aromatic carbocycles. The molecule has 3 heteroatoms. The fraction of sp³-hybridized carbons (Fsp3) is 0.357. The highest BCUT2D eigenvalue weighted by Gasteiger charge is 2.20. The van der Waals surface area contributed by atoms with E-state index in [-0.39, 0.29) is 0 Å². The van der Waals surface area contributed by atoms with E-state index in [0.717, 1.165) is 39.8 Å². The van der Waals surface area contributed by atoms with Crippen molar-refractivity contribution in [1.82, 2.24) is 4.57 Å². The Balaban J connectivity index is 2.14. The Labute approximate surface area is 109 Å². The first-order valence-electron chi connectivity index (χ1n) is 6.02. The number of fused-ring (bicyclic) bond motifs is 1. The average molecular weight is 292 g/mol. The molecule has 0 saturated heterocycles. The number of aldehydes is 1. The van der Waals surface area contributed by atoms with E-state index in [2.05, 4.69) is 26.6 Å². The Bertz CT molecular complexity index is 569. The van der Waals surface area contributed by atoms with Crippen LogP contribution < -0.4 is 0 Å². The predicted octanol–water partition coefficient (Wildman–Crippen LogP) is 4.02. The Morgan fingerprint density at radius 1 is 1.41 bits per heavy atom. The molecule has 0 atom stereocenters. The van der Waals surface area contributed by atoms with Crippen LogP contribution in [0.1, 0.15) is 29.8 Å². The van der Waals surface area contributed by atoms with Crippen molar-refractivity contribution >= 4 is 33.1 Å². The quantitative estimate of drug-likeness (QED) is 0.783. The molecule has 17 heavy (non-hydrogen) atoms. The molecule has 1 aromatic heterocycles. The van der Waals surface area contributed by atoms with Gasteiger partial charge in [-0.1, -0.05) is 18.6 Å². The minimum atomic E-state index is 0.747. The smallest absolute Gasteiger partial charge is 0.166 e. The number of benzene rings is 1. The SMILES string of the molecule is O=Cc1cc2cccc(Br)c2n1CC1CCC1. The lowest BCUT2D eigenvalue weighted by Crippen LogP contribution is -2.19. The molecule has 2 nitrogen and oxygen atoms in total. The summed E-state index contributed by atoms with van der Waals surface area (Å²) in [7, 11) is 0. The molecule has 1 aliphatic rings. The summed E-state index contributed by atoms with van der Waals surface area (Å²) in [6.07, 6.45) is 4.89. The van der Waals surface area contributed by atoms with Gasteiger partial charge in [0.1, 0.15) is 0 Å². The highest BCUT2D eigenvalue weighted by Crippen LogP contribution is 2.32. The van der Waals surface area contributed by atoms with Crippen LogP contribution in [0.3, 0.4) is 0 Å². The van der Waals surface area contributed by atoms with Crippen LogP contribution >= 0.6 is 15.9 Å². The van der Waals surface area contributed by atoms with Gasteiger partial charge < -0.3 is 4.57 Å². The first-order chi connectivity index (χ1) is 8.29. The lowest BCUT2D eigenvalue weighted by atomic mass is 9.85. The number of aromatic nitrogens is 1. The third-order valence-electron chi connectivity index (χ3n) is 3.69. The predicted molar refractivity (Wildman–Crippen MR) is 72.4 cm³/mol. The van der Waals surface area contributed by atoms with Crippen molar-refractivity contribution < 1.29 is 4.79 Å². The second-order valence-corrected chi connectivity index (χ2v) is 5.63. The molecule has 0 spiro atoms. The van der Waals surface area contributed by atoms with E-state index in [1.807, 2.05) is 18.2 Å². The third-order valence-corrected chi connectivity index (χ3v) is 4.33. The number of hydrogen-bond acceptors (Lipinski definition) is 1. The Kier molecular flexibility index (Phi) is 2.79. The Hall–Kier alpha value is -1.09. The maximum absolute atomic E-state index is 11.2. The zero-order valence-corrected chi connectivity index (χ0v) is 11.1. The van der Waals surface area contributed by atoms with Gasteiger partial charge in [0.15, 0.2) is 6.29 Å². The molecule has 1 heterocycles. The minimum absolute atomic E-state index is 0.747. The lowest BCUT2D eigenvalue weighted by Gasteiger charge is -2.26. The zero-order chi connectivity index (χ0) is 11.8. The first-order valence-corrected chi connectivity index (χ1v) is 6.82. The maximum atomic E-state index is 11.2. The van der Waals surface area contributed by atoms with Gasteiger partial charge in [0.25, 0.3) is 0 Å². The largest absolute Gasteiger partial charge is 0.337 e. The third kappa shape index (κ3) is 1.82. The molecule has 1 aliphatic carbocycles. The molecule has 2 aromatic rings. The fourth-order valence-corrected chi connectivity index (χ4v) is 3.12. The van der Waals surface area contributed by atoms with Crippen LogP contribution in [0, 0.1) is 5.92 Å². The molecular weight excluding hydrogens is 278 g/mol. The van der Waals surface area contributed by atoms with Crippen molar-refractivity contribution in [2.24, 2.45) is 5.92 Å². The lowest BCUT2D eigenvalue weighted by molar-refractivity contribution is 0.111. The van der Waals surface area contributed by atoms with Gasteiger partial charge in [0.05, 0.1) is 11.2 Å². The molecule has 0 unspecified atom stereocenters. The fourth-order valence-electron chi connectivity index (χ4n) is 2.53. The molecule has 1 fully saturated rings. The standard InChI is InChI=1S/C14H14BrNO/c15-13-6-2-5-11-7-12(9-17)16(14(11)13)8-10-3-1-4-10/h2,5-7,9-10H,1,3-4,8H2. The average Bonchev–Trinajstić information content (AvgIpc) is 2.63. The van der Waals surface area contributed by atoms with E-state index in [9.17, 15) is 4.79 Å². The summed E-state index contributed by atoms with van der Waals surface area (Å²) >= 11 is 3.58. The number of rotatable bonds is 3. The summed E-state index contributed by atoms with van der Waals surface area (Å²) in [6.45, 7) is 0.972. The van der Waals surface area contributed by atoms with Crippen LogP contribution in [-0.2, 0) is 6.54 Å². The van der Waals surface area contributed by atoms with Crippen LogP contribution in [0.4, 0.5) is 0 Å². The number of halogens is 1. The number of carbonyl (C=O) groups excluding carboxylic acids is 1. The molecule has 0 aliphatic heterocycles. The van der Waals surface area contributed by atoms with Crippen LogP contribution in [0.15, 0.2) is 28.7 Å². The molecule has 3 rings (SSSR count). The summed E-state index contributed by atoms with van der Waals surface area (Å²) in [4.78, 5) is 11.2. The topological polar surface area (TPSA) is 22.0 Å². The van der Waals surface area contributed by atoms with Crippen molar-refractivity contribution in [2.75, 3.05) is 0 Å². The van der Waals surface area contributed by atoms with Gasteiger partial charge in [0.2, 0.25) is 0 Å². The number of para-hydroxylation sites is 1. The molecular formula is C14H14BrNO. The van der Waals surface area contributed by atoms with Crippen LogP contribution in [-0.4, -0.2) is 10.9 Å². The second kappa shape index (κ2) is 4.30. The van der Waals surface area contributed by atoms with Crippen molar-refractivity contribution in [1.29, 1.82) is 0 Å². The van der Waals surface area contributed by atoms with Crippen molar-refractivity contribution in [3.05, 3.63) is 34.4 Å². The molecule has 0 amide bonds. The van der Waals surface area contributed by atoms with E-state index >= 15 is 0 Å². The van der Waals surface area contributed by atoms with E-state index in [1.54, 1.807) is 0 Å². The van der Waals surface area contributed by atoms with Crippen LogP contribution in [0.2, 0.25) is 0 Å². The molecule has 0 N–H and O–H groups in total. The van der Waals surface area contributed by atoms with E-state index in [4.69, 9.17) is 0 Å². The number of nitrogens with zero attached hydrogens (tertiary/aromatic N) is 1. The van der Waals surface area contributed by atoms with Crippen LogP contribution in [0.5, 0.6) is 0 Å². The van der Waals surface area contributed by atoms with Crippen LogP contribution in [0.25, 0.3) is 10.9 Å². The van der Waals surface area contributed by atoms with Gasteiger partial charge in [-0.2, -0.15) is 0 Å². The molecule has 88 valence electrons. The van der Waals surface area contributed by atoms with Crippen molar-refractivity contribution in [3.8, 4) is 0 Å². The molecule has 0 bridgehead atoms.